The number of methoxy groups -OCH3 is 1. The fraction of sp³-hybridized carbons (Fsp3) is 0.294. The number of carbonyl (C=O) groups is 1. The molecule has 1 fully saturated rings. The summed E-state index contributed by atoms with van der Waals surface area (Å²) in [5.74, 6) is 1.08. The van der Waals surface area contributed by atoms with Crippen molar-refractivity contribution in [2.75, 3.05) is 43.5 Å². The van der Waals surface area contributed by atoms with Crippen molar-refractivity contribution in [1.82, 2.24) is 10.3 Å². The van der Waals surface area contributed by atoms with Gasteiger partial charge in [0.05, 0.1) is 19.0 Å². The second kappa shape index (κ2) is 7.11. The number of carbonyl (C=O) groups excluding carboxylic acids is 1. The number of anilines is 2. The Morgan fingerprint density at radius 3 is 2.52 bits per heavy atom. The van der Waals surface area contributed by atoms with Crippen LogP contribution >= 0.6 is 0 Å². The number of rotatable bonds is 4. The second-order valence-corrected chi connectivity index (χ2v) is 5.32. The molecule has 2 aromatic rings. The zero-order valence-corrected chi connectivity index (χ0v) is 13.1. The van der Waals surface area contributed by atoms with E-state index in [4.69, 9.17) is 4.74 Å². The molecule has 1 aliphatic heterocycles. The van der Waals surface area contributed by atoms with E-state index in [2.05, 4.69) is 20.5 Å². The third kappa shape index (κ3) is 3.78. The van der Waals surface area contributed by atoms with Crippen molar-refractivity contribution in [1.29, 1.82) is 0 Å². The lowest BCUT2D eigenvalue weighted by Crippen LogP contribution is -2.43. The summed E-state index contributed by atoms with van der Waals surface area (Å²) in [5.41, 5.74) is 1.65. The summed E-state index contributed by atoms with van der Waals surface area (Å²) < 4.78 is 5.08. The van der Waals surface area contributed by atoms with Gasteiger partial charge in [-0.25, -0.2) is 4.98 Å². The first kappa shape index (κ1) is 15.3. The van der Waals surface area contributed by atoms with Crippen molar-refractivity contribution >= 4 is 17.4 Å². The fourth-order valence-corrected chi connectivity index (χ4v) is 2.50. The van der Waals surface area contributed by atoms with E-state index in [1.54, 1.807) is 37.6 Å². The van der Waals surface area contributed by atoms with Crippen LogP contribution in [0.15, 0.2) is 42.6 Å². The van der Waals surface area contributed by atoms with Gasteiger partial charge in [0, 0.05) is 31.7 Å². The molecule has 6 nitrogen and oxygen atoms in total. The lowest BCUT2D eigenvalue weighted by Gasteiger charge is -2.29. The minimum Gasteiger partial charge on any atom is -0.497 e. The largest absolute Gasteiger partial charge is 0.497 e. The first-order valence-electron chi connectivity index (χ1n) is 7.63. The number of benzene rings is 1. The normalized spacial score (nSPS) is 14.4. The summed E-state index contributed by atoms with van der Waals surface area (Å²) in [6.07, 6.45) is 1.80. The Balaban J connectivity index is 1.63. The molecule has 2 N–H and O–H groups in total. The van der Waals surface area contributed by atoms with E-state index in [1.807, 2.05) is 12.1 Å². The quantitative estimate of drug-likeness (QED) is 0.900. The van der Waals surface area contributed by atoms with E-state index in [0.717, 1.165) is 37.6 Å². The molecule has 2 heterocycles. The predicted molar refractivity (Wildman–Crippen MR) is 90.3 cm³/mol. The number of piperazine rings is 1. The highest BCUT2D eigenvalue weighted by Crippen LogP contribution is 2.17. The molecule has 0 bridgehead atoms. The van der Waals surface area contributed by atoms with Gasteiger partial charge in [0.25, 0.3) is 5.91 Å². The Bertz CT molecular complexity index is 649. The number of hydrogen-bond donors (Lipinski definition) is 2. The van der Waals surface area contributed by atoms with E-state index < -0.39 is 0 Å². The van der Waals surface area contributed by atoms with Gasteiger partial charge < -0.3 is 20.3 Å². The van der Waals surface area contributed by atoms with Crippen molar-refractivity contribution in [2.45, 2.75) is 0 Å². The number of aromatic nitrogens is 1. The maximum absolute atomic E-state index is 12.2. The topological polar surface area (TPSA) is 66.5 Å². The van der Waals surface area contributed by atoms with Crippen LogP contribution in [-0.2, 0) is 0 Å². The van der Waals surface area contributed by atoms with Gasteiger partial charge in [-0.05, 0) is 36.4 Å². The number of ether oxygens (including phenoxy) is 1. The van der Waals surface area contributed by atoms with E-state index in [1.165, 1.54) is 0 Å². The minimum absolute atomic E-state index is 0.185. The monoisotopic (exact) mass is 312 g/mol. The number of amides is 1. The van der Waals surface area contributed by atoms with Gasteiger partial charge in [-0.2, -0.15) is 0 Å². The van der Waals surface area contributed by atoms with Crippen LogP contribution in [0.2, 0.25) is 0 Å². The molecule has 1 aliphatic rings. The molecule has 1 aromatic carbocycles. The van der Waals surface area contributed by atoms with Crippen molar-refractivity contribution in [3.63, 3.8) is 0 Å². The van der Waals surface area contributed by atoms with Crippen molar-refractivity contribution in [2.24, 2.45) is 0 Å². The van der Waals surface area contributed by atoms with Crippen LogP contribution in [0.1, 0.15) is 10.4 Å². The lowest BCUT2D eigenvalue weighted by atomic mass is 10.2. The first-order chi connectivity index (χ1) is 11.3. The predicted octanol–water partition coefficient (Wildman–Crippen LogP) is 1.75. The zero-order valence-electron chi connectivity index (χ0n) is 13.1. The second-order valence-electron chi connectivity index (χ2n) is 5.32. The van der Waals surface area contributed by atoms with Crippen molar-refractivity contribution in [3.05, 3.63) is 48.2 Å². The van der Waals surface area contributed by atoms with Crippen LogP contribution in [0.3, 0.4) is 0 Å². The molecule has 3 rings (SSSR count). The van der Waals surface area contributed by atoms with E-state index in [9.17, 15) is 4.79 Å². The van der Waals surface area contributed by atoms with Crippen LogP contribution in [0.25, 0.3) is 0 Å². The van der Waals surface area contributed by atoms with Crippen LogP contribution in [0.4, 0.5) is 11.5 Å². The Morgan fingerprint density at radius 2 is 1.91 bits per heavy atom. The summed E-state index contributed by atoms with van der Waals surface area (Å²) in [4.78, 5) is 18.8. The Labute approximate surface area is 135 Å². The third-order valence-corrected chi connectivity index (χ3v) is 3.82. The van der Waals surface area contributed by atoms with Gasteiger partial charge >= 0.3 is 0 Å². The molecule has 1 saturated heterocycles. The molecule has 1 aromatic heterocycles. The molecule has 0 spiro atoms. The van der Waals surface area contributed by atoms with Crippen molar-refractivity contribution in [3.8, 4) is 5.75 Å². The lowest BCUT2D eigenvalue weighted by molar-refractivity contribution is 0.102. The zero-order chi connectivity index (χ0) is 16.1. The smallest absolute Gasteiger partial charge is 0.256 e. The number of nitrogens with zero attached hydrogens (tertiary/aromatic N) is 2. The molecule has 0 aliphatic carbocycles. The van der Waals surface area contributed by atoms with Gasteiger partial charge in [0.15, 0.2) is 0 Å². The summed E-state index contributed by atoms with van der Waals surface area (Å²) in [6.45, 7) is 3.91. The maximum atomic E-state index is 12.2. The number of nitrogens with one attached hydrogen (secondary N) is 2. The highest BCUT2D eigenvalue weighted by Gasteiger charge is 2.11. The van der Waals surface area contributed by atoms with Gasteiger partial charge in [-0.15, -0.1) is 0 Å². The molecule has 0 unspecified atom stereocenters. The average Bonchev–Trinajstić information content (AvgIpc) is 2.63. The Kier molecular flexibility index (Phi) is 4.73. The van der Waals surface area contributed by atoms with E-state index in [-0.39, 0.29) is 5.91 Å². The minimum atomic E-state index is -0.185. The Morgan fingerprint density at radius 1 is 1.17 bits per heavy atom. The molecular weight excluding hydrogens is 292 g/mol. The fourth-order valence-electron chi connectivity index (χ4n) is 2.50. The van der Waals surface area contributed by atoms with Crippen LogP contribution in [0.5, 0.6) is 5.75 Å². The van der Waals surface area contributed by atoms with Crippen molar-refractivity contribution < 1.29 is 9.53 Å². The molecule has 23 heavy (non-hydrogen) atoms. The average molecular weight is 312 g/mol. The Hall–Kier alpha value is -2.60. The van der Waals surface area contributed by atoms with Gasteiger partial charge in [0.1, 0.15) is 11.6 Å². The highest BCUT2D eigenvalue weighted by molar-refractivity contribution is 6.03. The molecule has 0 atom stereocenters. The molecule has 0 radical (unpaired) electrons. The molecular formula is C17H20N4O2. The molecule has 0 saturated carbocycles. The molecule has 120 valence electrons. The van der Waals surface area contributed by atoms with Gasteiger partial charge in [-0.3, -0.25) is 4.79 Å². The molecule has 6 heteroatoms. The summed E-state index contributed by atoms with van der Waals surface area (Å²) in [6, 6.07) is 10.8. The van der Waals surface area contributed by atoms with Crippen LogP contribution in [0, 0.1) is 0 Å². The maximum Gasteiger partial charge on any atom is 0.256 e. The summed E-state index contributed by atoms with van der Waals surface area (Å²) in [7, 11) is 1.60. The standard InChI is InChI=1S/C17H20N4O2/c1-23-15-5-2-13(3-6-15)17(22)20-16-7-4-14(12-19-16)21-10-8-18-9-11-21/h2-7,12,18H,8-11H2,1H3,(H,19,20,22). The highest BCUT2D eigenvalue weighted by atomic mass is 16.5. The SMILES string of the molecule is COc1ccc(C(=O)Nc2ccc(N3CCNCC3)cn2)cc1. The van der Waals surface area contributed by atoms with E-state index >= 15 is 0 Å². The van der Waals surface area contributed by atoms with Crippen LogP contribution < -0.4 is 20.3 Å². The number of pyridine rings is 1. The molecule has 1 amide bonds. The summed E-state index contributed by atoms with van der Waals surface area (Å²) >= 11 is 0. The number of hydrogen-bond acceptors (Lipinski definition) is 5. The third-order valence-electron chi connectivity index (χ3n) is 3.82. The summed E-state index contributed by atoms with van der Waals surface area (Å²) in [5, 5.41) is 6.12. The van der Waals surface area contributed by atoms with E-state index in [0.29, 0.717) is 11.4 Å². The van der Waals surface area contributed by atoms with Gasteiger partial charge in [0.2, 0.25) is 0 Å². The van der Waals surface area contributed by atoms with Crippen LogP contribution in [-0.4, -0.2) is 44.2 Å². The first-order valence-corrected chi connectivity index (χ1v) is 7.63. The van der Waals surface area contributed by atoms with Gasteiger partial charge in [-0.1, -0.05) is 0 Å².